The maximum absolute atomic E-state index is 12.2. The lowest BCUT2D eigenvalue weighted by Gasteiger charge is -2.06. The fourth-order valence-electron chi connectivity index (χ4n) is 2.17. The lowest BCUT2D eigenvalue weighted by molar-refractivity contribution is 0.581. The van der Waals surface area contributed by atoms with Gasteiger partial charge in [-0.3, -0.25) is 4.98 Å². The van der Waals surface area contributed by atoms with E-state index in [0.717, 1.165) is 21.8 Å². The van der Waals surface area contributed by atoms with E-state index in [4.69, 9.17) is 0 Å². The van der Waals surface area contributed by atoms with Crippen molar-refractivity contribution in [3.8, 4) is 11.3 Å². The van der Waals surface area contributed by atoms with Gasteiger partial charge in [-0.05, 0) is 31.2 Å². The first kappa shape index (κ1) is 16.8. The summed E-state index contributed by atoms with van der Waals surface area (Å²) in [7, 11) is -3.47. The van der Waals surface area contributed by atoms with Crippen LogP contribution in [0.1, 0.15) is 10.6 Å². The van der Waals surface area contributed by atoms with Crippen molar-refractivity contribution in [2.75, 3.05) is 6.54 Å². The molecule has 0 aliphatic heterocycles. The number of hydrogen-bond donors (Lipinski definition) is 1. The average Bonchev–Trinajstić information content (AvgIpc) is 3.05. The van der Waals surface area contributed by atoms with Crippen molar-refractivity contribution >= 4 is 21.4 Å². The van der Waals surface area contributed by atoms with Gasteiger partial charge >= 0.3 is 0 Å². The Hall–Kier alpha value is -2.09. The van der Waals surface area contributed by atoms with Crippen molar-refractivity contribution < 1.29 is 8.42 Å². The molecular formula is C17H17N3O2S2. The smallest absolute Gasteiger partial charge is 0.240 e. The molecule has 24 heavy (non-hydrogen) atoms. The highest BCUT2D eigenvalue weighted by atomic mass is 32.2. The third-order valence-corrected chi connectivity index (χ3v) is 5.88. The third-order valence-electron chi connectivity index (χ3n) is 3.49. The molecule has 2 aromatic heterocycles. The number of benzene rings is 1. The number of nitrogens with zero attached hydrogens (tertiary/aromatic N) is 2. The van der Waals surface area contributed by atoms with Crippen molar-refractivity contribution in [1.82, 2.24) is 14.7 Å². The number of pyridine rings is 1. The maximum atomic E-state index is 12.2. The summed E-state index contributed by atoms with van der Waals surface area (Å²) in [6, 6.07) is 10.6. The van der Waals surface area contributed by atoms with Gasteiger partial charge < -0.3 is 0 Å². The molecule has 1 N–H and O–H groups in total. The molecule has 5 nitrogen and oxygen atoms in total. The third kappa shape index (κ3) is 4.05. The number of nitrogens with one attached hydrogen (secondary N) is 1. The van der Waals surface area contributed by atoms with Gasteiger partial charge in [0.2, 0.25) is 10.0 Å². The molecule has 124 valence electrons. The van der Waals surface area contributed by atoms with Gasteiger partial charge in [-0.1, -0.05) is 17.7 Å². The normalized spacial score (nSPS) is 11.5. The minimum absolute atomic E-state index is 0.282. The van der Waals surface area contributed by atoms with Crippen LogP contribution in [-0.4, -0.2) is 24.9 Å². The Morgan fingerprint density at radius 1 is 1.08 bits per heavy atom. The number of aryl methyl sites for hydroxylation is 1. The second kappa shape index (κ2) is 7.21. The second-order valence-electron chi connectivity index (χ2n) is 5.32. The minimum Gasteiger partial charge on any atom is -0.265 e. The van der Waals surface area contributed by atoms with Gasteiger partial charge in [0.1, 0.15) is 0 Å². The highest BCUT2D eigenvalue weighted by molar-refractivity contribution is 7.89. The van der Waals surface area contributed by atoms with Crippen LogP contribution >= 0.6 is 11.3 Å². The second-order valence-corrected chi connectivity index (χ2v) is 8.03. The lowest BCUT2D eigenvalue weighted by atomic mass is 10.2. The molecule has 0 amide bonds. The molecule has 0 atom stereocenters. The van der Waals surface area contributed by atoms with Crippen LogP contribution in [0.3, 0.4) is 0 Å². The largest absolute Gasteiger partial charge is 0.265 e. The molecule has 0 fully saturated rings. The zero-order valence-corrected chi connectivity index (χ0v) is 14.8. The van der Waals surface area contributed by atoms with Crippen molar-refractivity contribution in [1.29, 1.82) is 0 Å². The van der Waals surface area contributed by atoms with Gasteiger partial charge in [-0.15, -0.1) is 11.3 Å². The SMILES string of the molecule is Cc1ccc(S(=O)(=O)NCCc2nc(-c3ccncc3)cs2)cc1. The molecule has 0 aliphatic carbocycles. The van der Waals surface area contributed by atoms with Crippen molar-refractivity contribution in [3.05, 3.63) is 64.7 Å². The van der Waals surface area contributed by atoms with Gasteiger partial charge in [-0.25, -0.2) is 18.1 Å². The van der Waals surface area contributed by atoms with Crippen LogP contribution in [-0.2, 0) is 16.4 Å². The summed E-state index contributed by atoms with van der Waals surface area (Å²) in [4.78, 5) is 8.81. The van der Waals surface area contributed by atoms with Crippen LogP contribution in [0.2, 0.25) is 0 Å². The number of sulfonamides is 1. The van der Waals surface area contributed by atoms with Crippen molar-refractivity contribution in [2.24, 2.45) is 0 Å². The van der Waals surface area contributed by atoms with E-state index in [9.17, 15) is 8.42 Å². The highest BCUT2D eigenvalue weighted by Gasteiger charge is 2.13. The van der Waals surface area contributed by atoms with Crippen molar-refractivity contribution in [2.45, 2.75) is 18.2 Å². The summed E-state index contributed by atoms with van der Waals surface area (Å²) in [5.41, 5.74) is 2.92. The zero-order valence-electron chi connectivity index (χ0n) is 13.1. The Kier molecular flexibility index (Phi) is 5.03. The van der Waals surface area contributed by atoms with E-state index in [2.05, 4.69) is 14.7 Å². The summed E-state index contributed by atoms with van der Waals surface area (Å²) in [6.45, 7) is 2.24. The molecule has 0 bridgehead atoms. The zero-order chi connectivity index (χ0) is 17.0. The van der Waals surface area contributed by atoms with Gasteiger partial charge in [0.25, 0.3) is 0 Å². The molecule has 3 rings (SSSR count). The summed E-state index contributed by atoms with van der Waals surface area (Å²) in [5, 5.41) is 2.87. The van der Waals surface area contributed by atoms with E-state index in [1.165, 1.54) is 11.3 Å². The van der Waals surface area contributed by atoms with Crippen molar-refractivity contribution in [3.63, 3.8) is 0 Å². The van der Waals surface area contributed by atoms with E-state index < -0.39 is 10.0 Å². The van der Waals surface area contributed by atoms with E-state index in [1.54, 1.807) is 36.7 Å². The fraction of sp³-hybridized carbons (Fsp3) is 0.176. The predicted octanol–water partition coefficient (Wildman–Crippen LogP) is 3.03. The first-order valence-corrected chi connectivity index (χ1v) is 9.82. The fourth-order valence-corrected chi connectivity index (χ4v) is 4.01. The Balaban J connectivity index is 1.60. The van der Waals surface area contributed by atoms with E-state index in [1.807, 2.05) is 24.4 Å². The molecule has 0 aliphatic rings. The maximum Gasteiger partial charge on any atom is 0.240 e. The molecule has 1 aromatic carbocycles. The summed E-state index contributed by atoms with van der Waals surface area (Å²) < 4.78 is 27.1. The molecule has 0 saturated carbocycles. The summed E-state index contributed by atoms with van der Waals surface area (Å²) in [6.07, 6.45) is 4.01. The predicted molar refractivity (Wildman–Crippen MR) is 95.4 cm³/mol. The topological polar surface area (TPSA) is 72.0 Å². The van der Waals surface area contributed by atoms with E-state index in [0.29, 0.717) is 13.0 Å². The summed E-state index contributed by atoms with van der Waals surface area (Å²) >= 11 is 1.53. The Labute approximate surface area is 145 Å². The number of hydrogen-bond acceptors (Lipinski definition) is 5. The van der Waals surface area contributed by atoms with Crippen LogP contribution < -0.4 is 4.72 Å². The van der Waals surface area contributed by atoms with E-state index >= 15 is 0 Å². The number of aromatic nitrogens is 2. The highest BCUT2D eigenvalue weighted by Crippen LogP contribution is 2.21. The molecule has 7 heteroatoms. The summed E-state index contributed by atoms with van der Waals surface area (Å²) in [5.74, 6) is 0. The molecule has 0 saturated heterocycles. The van der Waals surface area contributed by atoms with Crippen LogP contribution in [0.4, 0.5) is 0 Å². The Bertz CT molecular complexity index is 905. The standard InChI is InChI=1S/C17H17N3O2S2/c1-13-2-4-15(5-3-13)24(21,22)19-11-8-17-20-16(12-23-17)14-6-9-18-10-7-14/h2-7,9-10,12,19H,8,11H2,1H3. The molecule has 2 heterocycles. The van der Waals surface area contributed by atoms with Crippen LogP contribution in [0, 0.1) is 6.92 Å². The van der Waals surface area contributed by atoms with Crippen LogP contribution in [0.15, 0.2) is 59.1 Å². The van der Waals surface area contributed by atoms with Gasteiger partial charge in [0, 0.05) is 36.3 Å². The molecule has 0 unspecified atom stereocenters. The average molecular weight is 359 g/mol. The first-order valence-electron chi connectivity index (χ1n) is 7.46. The van der Waals surface area contributed by atoms with Gasteiger partial charge in [0.05, 0.1) is 15.6 Å². The monoisotopic (exact) mass is 359 g/mol. The quantitative estimate of drug-likeness (QED) is 0.734. The van der Waals surface area contributed by atoms with E-state index in [-0.39, 0.29) is 4.90 Å². The molecule has 0 spiro atoms. The Morgan fingerprint density at radius 2 is 1.79 bits per heavy atom. The molecular weight excluding hydrogens is 342 g/mol. The lowest BCUT2D eigenvalue weighted by Crippen LogP contribution is -2.25. The minimum atomic E-state index is -3.47. The number of thiazole rings is 1. The number of rotatable bonds is 6. The molecule has 0 radical (unpaired) electrons. The van der Waals surface area contributed by atoms with Gasteiger partial charge in [0.15, 0.2) is 0 Å². The van der Waals surface area contributed by atoms with Crippen LogP contribution in [0.25, 0.3) is 11.3 Å². The van der Waals surface area contributed by atoms with Gasteiger partial charge in [-0.2, -0.15) is 0 Å². The first-order chi connectivity index (χ1) is 11.5. The Morgan fingerprint density at radius 3 is 2.50 bits per heavy atom. The van der Waals surface area contributed by atoms with Crippen LogP contribution in [0.5, 0.6) is 0 Å². The molecule has 3 aromatic rings.